The van der Waals surface area contributed by atoms with Crippen molar-refractivity contribution in [3.63, 3.8) is 0 Å². The zero-order chi connectivity index (χ0) is 22.8. The third-order valence-corrected chi connectivity index (χ3v) is 7.87. The molecule has 0 spiro atoms. The molecule has 1 saturated heterocycles. The molecule has 1 atom stereocenters. The summed E-state index contributed by atoms with van der Waals surface area (Å²) in [6.07, 6.45) is 1.73. The quantitative estimate of drug-likeness (QED) is 0.446. The molecule has 1 aliphatic rings. The van der Waals surface area contributed by atoms with Crippen LogP contribution in [0.1, 0.15) is 28.8 Å². The highest BCUT2D eigenvalue weighted by atomic mass is 32.1. The standard InChI is InChI=1S/C25H26N4O2S2/c1-17-6-8-18(9-7-17)15-29-24(31)22-21(10-13-33-22)27-25(29)28-11-2-4-19(16-28)23(30)26-14-20-5-3-12-32-20/h3,5-10,12-13,19H,2,4,11,14-16H2,1H3,(H,26,30)/t19-/m0/s1. The molecule has 0 aliphatic carbocycles. The van der Waals surface area contributed by atoms with Gasteiger partial charge in [0.2, 0.25) is 11.9 Å². The number of carbonyl (C=O) groups is 1. The van der Waals surface area contributed by atoms with Crippen LogP contribution in [-0.4, -0.2) is 28.5 Å². The van der Waals surface area contributed by atoms with E-state index in [1.807, 2.05) is 29.0 Å². The number of fused-ring (bicyclic) bond motifs is 1. The van der Waals surface area contributed by atoms with Gasteiger partial charge in [0.05, 0.1) is 24.5 Å². The second kappa shape index (κ2) is 9.49. The van der Waals surface area contributed by atoms with Crippen molar-refractivity contribution >= 4 is 44.7 Å². The van der Waals surface area contributed by atoms with Gasteiger partial charge in [0, 0.05) is 18.0 Å². The van der Waals surface area contributed by atoms with E-state index in [2.05, 4.69) is 41.4 Å². The molecule has 1 N–H and O–H groups in total. The van der Waals surface area contributed by atoms with Gasteiger partial charge in [-0.3, -0.25) is 14.2 Å². The van der Waals surface area contributed by atoms with Crippen LogP contribution in [0.15, 0.2) is 58.0 Å². The summed E-state index contributed by atoms with van der Waals surface area (Å²) < 4.78 is 2.45. The van der Waals surface area contributed by atoms with Crippen LogP contribution < -0.4 is 15.8 Å². The molecule has 0 bridgehead atoms. The predicted octanol–water partition coefficient (Wildman–Crippen LogP) is 4.41. The lowest BCUT2D eigenvalue weighted by Crippen LogP contribution is -2.45. The molecule has 3 aromatic heterocycles. The van der Waals surface area contributed by atoms with Gasteiger partial charge in [0.15, 0.2) is 0 Å². The van der Waals surface area contributed by atoms with Crippen molar-refractivity contribution in [3.8, 4) is 0 Å². The van der Waals surface area contributed by atoms with E-state index in [-0.39, 0.29) is 17.4 Å². The Morgan fingerprint density at radius 1 is 1.15 bits per heavy atom. The number of anilines is 1. The SMILES string of the molecule is Cc1ccc(Cn2c(N3CCC[C@H](C(=O)NCc4cccs4)C3)nc3ccsc3c2=O)cc1. The van der Waals surface area contributed by atoms with E-state index < -0.39 is 0 Å². The summed E-state index contributed by atoms with van der Waals surface area (Å²) in [5.74, 6) is 0.598. The highest BCUT2D eigenvalue weighted by molar-refractivity contribution is 7.17. The number of aromatic nitrogens is 2. The molecule has 4 heterocycles. The molecule has 33 heavy (non-hydrogen) atoms. The van der Waals surface area contributed by atoms with Crippen LogP contribution in [0.3, 0.4) is 0 Å². The number of aryl methyl sites for hydroxylation is 1. The maximum absolute atomic E-state index is 13.4. The molecule has 5 rings (SSSR count). The van der Waals surface area contributed by atoms with E-state index >= 15 is 0 Å². The average molecular weight is 479 g/mol. The summed E-state index contributed by atoms with van der Waals surface area (Å²) in [6, 6.07) is 14.2. The van der Waals surface area contributed by atoms with Crippen LogP contribution in [0.4, 0.5) is 5.95 Å². The molecule has 1 fully saturated rings. The third-order valence-electron chi connectivity index (χ3n) is 6.10. The van der Waals surface area contributed by atoms with Gasteiger partial charge >= 0.3 is 0 Å². The van der Waals surface area contributed by atoms with Crippen LogP contribution in [0.2, 0.25) is 0 Å². The lowest BCUT2D eigenvalue weighted by molar-refractivity contribution is -0.125. The number of nitrogens with one attached hydrogen (secondary N) is 1. The first-order chi connectivity index (χ1) is 16.1. The van der Waals surface area contributed by atoms with Gasteiger partial charge in [0.25, 0.3) is 5.56 Å². The Morgan fingerprint density at radius 2 is 2.00 bits per heavy atom. The van der Waals surface area contributed by atoms with E-state index in [9.17, 15) is 9.59 Å². The predicted molar refractivity (Wildman–Crippen MR) is 135 cm³/mol. The van der Waals surface area contributed by atoms with Crippen molar-refractivity contribution in [2.75, 3.05) is 18.0 Å². The number of piperidine rings is 1. The maximum Gasteiger partial charge on any atom is 0.273 e. The largest absolute Gasteiger partial charge is 0.351 e. The van der Waals surface area contributed by atoms with Crippen LogP contribution in [0.5, 0.6) is 0 Å². The summed E-state index contributed by atoms with van der Waals surface area (Å²) in [5, 5.41) is 7.01. The van der Waals surface area contributed by atoms with Gasteiger partial charge in [-0.05, 0) is 48.2 Å². The Balaban J connectivity index is 1.42. The van der Waals surface area contributed by atoms with E-state index in [1.54, 1.807) is 15.9 Å². The molecule has 6 nitrogen and oxygen atoms in total. The number of hydrogen-bond acceptors (Lipinski definition) is 6. The van der Waals surface area contributed by atoms with Gasteiger partial charge < -0.3 is 10.2 Å². The zero-order valence-corrected chi connectivity index (χ0v) is 20.1. The van der Waals surface area contributed by atoms with Crippen molar-refractivity contribution in [2.45, 2.75) is 32.9 Å². The Kier molecular flexibility index (Phi) is 6.28. The van der Waals surface area contributed by atoms with Crippen LogP contribution in [-0.2, 0) is 17.9 Å². The van der Waals surface area contributed by atoms with Gasteiger partial charge in [0.1, 0.15) is 4.70 Å². The van der Waals surface area contributed by atoms with E-state index in [1.165, 1.54) is 16.9 Å². The number of thiophene rings is 2. The zero-order valence-electron chi connectivity index (χ0n) is 18.5. The third kappa shape index (κ3) is 4.72. The fourth-order valence-electron chi connectivity index (χ4n) is 4.30. The number of rotatable bonds is 6. The number of benzene rings is 1. The van der Waals surface area contributed by atoms with Crippen LogP contribution >= 0.6 is 22.7 Å². The number of nitrogens with zero attached hydrogens (tertiary/aromatic N) is 3. The monoisotopic (exact) mass is 478 g/mol. The van der Waals surface area contributed by atoms with Gasteiger partial charge in [-0.2, -0.15) is 0 Å². The first-order valence-electron chi connectivity index (χ1n) is 11.2. The first-order valence-corrected chi connectivity index (χ1v) is 12.9. The molecule has 0 radical (unpaired) electrons. The summed E-state index contributed by atoms with van der Waals surface area (Å²) in [7, 11) is 0. The van der Waals surface area contributed by atoms with Crippen LogP contribution in [0, 0.1) is 12.8 Å². The molecule has 4 aromatic rings. The molecule has 1 aliphatic heterocycles. The minimum absolute atomic E-state index is 0.0187. The second-order valence-electron chi connectivity index (χ2n) is 8.51. The normalized spacial score (nSPS) is 16.3. The molecule has 0 saturated carbocycles. The van der Waals surface area contributed by atoms with Crippen molar-refractivity contribution in [1.29, 1.82) is 0 Å². The lowest BCUT2D eigenvalue weighted by Gasteiger charge is -2.34. The maximum atomic E-state index is 13.4. The molecule has 1 amide bonds. The second-order valence-corrected chi connectivity index (χ2v) is 10.5. The van der Waals surface area contributed by atoms with Gasteiger partial charge in [-0.25, -0.2) is 4.98 Å². The van der Waals surface area contributed by atoms with E-state index in [0.29, 0.717) is 30.3 Å². The topological polar surface area (TPSA) is 67.2 Å². The van der Waals surface area contributed by atoms with Crippen molar-refractivity contribution in [3.05, 3.63) is 79.6 Å². The summed E-state index contributed by atoms with van der Waals surface area (Å²) >= 11 is 3.07. The van der Waals surface area contributed by atoms with E-state index in [0.717, 1.165) is 35.3 Å². The van der Waals surface area contributed by atoms with Crippen molar-refractivity contribution in [1.82, 2.24) is 14.9 Å². The average Bonchev–Trinajstić information content (AvgIpc) is 3.53. The summed E-state index contributed by atoms with van der Waals surface area (Å²) in [4.78, 5) is 34.4. The van der Waals surface area contributed by atoms with Gasteiger partial charge in [-0.15, -0.1) is 22.7 Å². The smallest absolute Gasteiger partial charge is 0.273 e. The first kappa shape index (κ1) is 21.9. The molecule has 170 valence electrons. The highest BCUT2D eigenvalue weighted by Gasteiger charge is 2.28. The van der Waals surface area contributed by atoms with Crippen molar-refractivity contribution < 1.29 is 4.79 Å². The van der Waals surface area contributed by atoms with E-state index in [4.69, 9.17) is 4.98 Å². The minimum Gasteiger partial charge on any atom is -0.351 e. The molecule has 0 unspecified atom stereocenters. The number of carbonyl (C=O) groups excluding carboxylic acids is 1. The van der Waals surface area contributed by atoms with Gasteiger partial charge in [-0.1, -0.05) is 35.9 Å². The molecular weight excluding hydrogens is 452 g/mol. The lowest BCUT2D eigenvalue weighted by atomic mass is 9.97. The Hall–Kier alpha value is -2.97. The number of hydrogen-bond donors (Lipinski definition) is 1. The van der Waals surface area contributed by atoms with Crippen LogP contribution in [0.25, 0.3) is 10.2 Å². The molecular formula is C25H26N4O2S2. The Labute approximate surface area is 200 Å². The van der Waals surface area contributed by atoms with Crippen molar-refractivity contribution in [2.24, 2.45) is 5.92 Å². The molecule has 8 heteroatoms. The highest BCUT2D eigenvalue weighted by Crippen LogP contribution is 2.25. The molecule has 1 aromatic carbocycles. The summed E-state index contributed by atoms with van der Waals surface area (Å²) in [5.41, 5.74) is 2.95. The minimum atomic E-state index is -0.124. The Bertz CT molecular complexity index is 1310. The fraction of sp³-hybridized carbons (Fsp3) is 0.320. The number of amides is 1. The Morgan fingerprint density at radius 3 is 2.79 bits per heavy atom. The summed E-state index contributed by atoms with van der Waals surface area (Å²) in [6.45, 7) is 4.42. The fourth-order valence-corrected chi connectivity index (χ4v) is 5.72.